The van der Waals surface area contributed by atoms with Crippen molar-refractivity contribution in [1.29, 1.82) is 10.0 Å². The Balaban J connectivity index is 1.93. The number of benzene rings is 1. The molecule has 1 saturated carbocycles. The molecule has 7 nitrogen and oxygen atoms in total. The van der Waals surface area contributed by atoms with Crippen molar-refractivity contribution in [3.8, 4) is 6.07 Å². The molecule has 0 radical (unpaired) electrons. The second-order valence-electron chi connectivity index (χ2n) is 9.07. The lowest BCUT2D eigenvalue weighted by Gasteiger charge is -2.18. The van der Waals surface area contributed by atoms with Gasteiger partial charge in [0.1, 0.15) is 4.21 Å². The number of carbonyl (C=O) groups is 1. The maximum atomic E-state index is 13.2. The van der Waals surface area contributed by atoms with Crippen molar-refractivity contribution in [3.63, 3.8) is 0 Å². The molecule has 0 spiro atoms. The average Bonchev–Trinajstić information content (AvgIpc) is 3.42. The van der Waals surface area contributed by atoms with E-state index in [1.807, 2.05) is 19.9 Å². The summed E-state index contributed by atoms with van der Waals surface area (Å²) in [5.74, 6) is -0.145. The molecule has 0 aliphatic heterocycles. The first-order valence-electron chi connectivity index (χ1n) is 10.5. The topological polar surface area (TPSA) is 134 Å². The lowest BCUT2D eigenvalue weighted by molar-refractivity contribution is -0.118. The van der Waals surface area contributed by atoms with Gasteiger partial charge in [-0.1, -0.05) is 13.8 Å². The minimum Gasteiger partial charge on any atom is -0.392 e. The van der Waals surface area contributed by atoms with E-state index >= 15 is 0 Å². The van der Waals surface area contributed by atoms with Crippen LogP contribution in [-0.4, -0.2) is 20.3 Å². The molecule has 1 heterocycles. The highest BCUT2D eigenvalue weighted by atomic mass is 32.2. The molecule has 1 fully saturated rings. The quantitative estimate of drug-likeness (QED) is 0.457. The first kappa shape index (κ1) is 24.4. The molecule has 2 aromatic rings. The van der Waals surface area contributed by atoms with E-state index in [0.29, 0.717) is 16.4 Å². The summed E-state index contributed by atoms with van der Waals surface area (Å²) in [5, 5.41) is 29.3. The Labute approximate surface area is 193 Å². The number of thiophene rings is 1. The van der Waals surface area contributed by atoms with Gasteiger partial charge in [0.25, 0.3) is 0 Å². The number of nitriles is 1. The van der Waals surface area contributed by atoms with Crippen molar-refractivity contribution in [2.24, 2.45) is 0 Å². The highest BCUT2D eigenvalue weighted by molar-refractivity contribution is 7.93. The van der Waals surface area contributed by atoms with Crippen molar-refractivity contribution < 1.29 is 19.2 Å². The fraction of sp³-hybridized carbons (Fsp3) is 0.478. The maximum absolute atomic E-state index is 13.2. The molecule has 9 heteroatoms. The van der Waals surface area contributed by atoms with Gasteiger partial charge in [0.05, 0.1) is 30.3 Å². The second kappa shape index (κ2) is 8.94. The van der Waals surface area contributed by atoms with Gasteiger partial charge in [-0.25, -0.2) is 8.99 Å². The van der Waals surface area contributed by atoms with Crippen molar-refractivity contribution >= 4 is 27.2 Å². The average molecular weight is 476 g/mol. The van der Waals surface area contributed by atoms with E-state index in [0.717, 1.165) is 40.9 Å². The van der Waals surface area contributed by atoms with E-state index in [4.69, 9.17) is 4.78 Å². The third-order valence-corrected chi connectivity index (χ3v) is 9.03. The van der Waals surface area contributed by atoms with E-state index in [2.05, 4.69) is 10.8 Å². The van der Waals surface area contributed by atoms with E-state index in [9.17, 15) is 24.5 Å². The van der Waals surface area contributed by atoms with Crippen molar-refractivity contribution in [2.75, 3.05) is 0 Å². The first-order valence-corrected chi connectivity index (χ1v) is 12.9. The van der Waals surface area contributed by atoms with Crippen LogP contribution in [0.3, 0.4) is 0 Å². The zero-order valence-corrected chi connectivity index (χ0v) is 20.3. The number of hydrogen-bond acceptors (Lipinski definition) is 7. The number of nitrogens with zero attached hydrogens (tertiary/aromatic N) is 1. The molecule has 0 bridgehead atoms. The number of aliphatic hydroxyl groups excluding tert-OH is 1. The Kier molecular flexibility index (Phi) is 6.82. The molecule has 3 rings (SSSR count). The number of rotatable bonds is 8. The van der Waals surface area contributed by atoms with Gasteiger partial charge in [0, 0.05) is 10.4 Å². The SMILES string of the molecule is CC(C)c1cc(C#N)cc(C2CC2)c1CC(=O)NS(=N)(=O)c1sc(C(C)(C)O)cc1CO. The molecule has 32 heavy (non-hydrogen) atoms. The zero-order valence-electron chi connectivity index (χ0n) is 18.7. The Morgan fingerprint density at radius 2 is 2.03 bits per heavy atom. The highest BCUT2D eigenvalue weighted by Crippen LogP contribution is 2.44. The summed E-state index contributed by atoms with van der Waals surface area (Å²) in [6.45, 7) is 6.67. The zero-order chi connectivity index (χ0) is 23.8. The molecule has 1 aromatic heterocycles. The van der Waals surface area contributed by atoms with Crippen molar-refractivity contribution in [1.82, 2.24) is 4.72 Å². The van der Waals surface area contributed by atoms with E-state index in [1.54, 1.807) is 19.9 Å². The molecule has 1 atom stereocenters. The summed E-state index contributed by atoms with van der Waals surface area (Å²) in [6.07, 6.45) is 1.97. The molecule has 1 unspecified atom stereocenters. The molecule has 1 aromatic carbocycles. The van der Waals surface area contributed by atoms with Gasteiger partial charge in [-0.15, -0.1) is 11.3 Å². The predicted molar refractivity (Wildman–Crippen MR) is 124 cm³/mol. The summed E-state index contributed by atoms with van der Waals surface area (Å²) in [5.41, 5.74) is 2.33. The molecular formula is C23H29N3O4S2. The molecule has 1 aliphatic rings. The third-order valence-electron chi connectivity index (χ3n) is 5.49. The molecule has 4 N–H and O–H groups in total. The Hall–Kier alpha value is -2.25. The standard InChI is InChI=1S/C23H29N3O4S2/c1-13(2)17-7-14(11-24)8-18(15-5-6-15)19(17)10-21(28)26-32(25,30)22-16(12-27)9-20(31-22)23(3,4)29/h7-9,13,15,27,29H,5-6,10,12H2,1-4H3,(H2,25,26,28,30). The van der Waals surface area contributed by atoms with Crippen LogP contribution in [0.15, 0.2) is 22.4 Å². The van der Waals surface area contributed by atoms with Crippen LogP contribution < -0.4 is 4.72 Å². The summed E-state index contributed by atoms with van der Waals surface area (Å²) in [4.78, 5) is 13.4. The van der Waals surface area contributed by atoms with Crippen molar-refractivity contribution in [3.05, 3.63) is 50.9 Å². The van der Waals surface area contributed by atoms with Gasteiger partial charge in [0.2, 0.25) is 5.91 Å². The van der Waals surface area contributed by atoms with Crippen LogP contribution in [0.1, 0.15) is 85.1 Å². The van der Waals surface area contributed by atoms with Crippen LogP contribution in [0, 0.1) is 16.1 Å². The Bertz CT molecular complexity index is 1160. The minimum absolute atomic E-state index is 0.0387. The summed E-state index contributed by atoms with van der Waals surface area (Å²) in [6, 6.07) is 7.35. The van der Waals surface area contributed by atoms with Gasteiger partial charge < -0.3 is 10.2 Å². The fourth-order valence-electron chi connectivity index (χ4n) is 3.73. The van der Waals surface area contributed by atoms with Crippen molar-refractivity contribution in [2.45, 2.75) is 75.2 Å². The Morgan fingerprint density at radius 3 is 2.53 bits per heavy atom. The van der Waals surface area contributed by atoms with E-state index in [1.165, 1.54) is 6.07 Å². The van der Waals surface area contributed by atoms with Crippen LogP contribution in [0.5, 0.6) is 0 Å². The summed E-state index contributed by atoms with van der Waals surface area (Å²) in [7, 11) is -3.73. The summed E-state index contributed by atoms with van der Waals surface area (Å²) >= 11 is 0.954. The highest BCUT2D eigenvalue weighted by Gasteiger charge is 2.31. The van der Waals surface area contributed by atoms with Gasteiger partial charge in [-0.05, 0) is 73.4 Å². The van der Waals surface area contributed by atoms with E-state index in [-0.39, 0.29) is 22.1 Å². The number of nitrogens with one attached hydrogen (secondary N) is 2. The van der Waals surface area contributed by atoms with Crippen LogP contribution in [-0.2, 0) is 33.3 Å². The molecular weight excluding hydrogens is 446 g/mol. The number of aliphatic hydroxyl groups is 2. The van der Waals surface area contributed by atoms with Gasteiger partial charge >= 0.3 is 0 Å². The monoisotopic (exact) mass is 475 g/mol. The first-order chi connectivity index (χ1) is 14.9. The van der Waals surface area contributed by atoms with Crippen LogP contribution >= 0.6 is 11.3 Å². The van der Waals surface area contributed by atoms with E-state index < -0.39 is 28.0 Å². The maximum Gasteiger partial charge on any atom is 0.236 e. The lowest BCUT2D eigenvalue weighted by atomic mass is 9.87. The predicted octanol–water partition coefficient (Wildman–Crippen LogP) is 4.02. The molecule has 0 saturated heterocycles. The normalized spacial score (nSPS) is 15.9. The van der Waals surface area contributed by atoms with Gasteiger partial charge in [0.15, 0.2) is 9.92 Å². The molecule has 1 amide bonds. The largest absolute Gasteiger partial charge is 0.392 e. The lowest BCUT2D eigenvalue weighted by Crippen LogP contribution is -2.31. The van der Waals surface area contributed by atoms with Crippen LogP contribution in [0.25, 0.3) is 0 Å². The number of amides is 1. The fourth-order valence-corrected chi connectivity index (χ4v) is 6.48. The molecule has 172 valence electrons. The van der Waals surface area contributed by atoms with Crippen LogP contribution in [0.2, 0.25) is 0 Å². The summed E-state index contributed by atoms with van der Waals surface area (Å²) < 4.78 is 23.9. The third kappa shape index (κ3) is 5.21. The number of hydrogen-bond donors (Lipinski definition) is 4. The minimum atomic E-state index is -3.73. The second-order valence-corrected chi connectivity index (χ2v) is 12.1. The van der Waals surface area contributed by atoms with Gasteiger partial charge in [-0.2, -0.15) is 5.26 Å². The smallest absolute Gasteiger partial charge is 0.236 e. The Morgan fingerprint density at radius 1 is 1.38 bits per heavy atom. The molecule has 1 aliphatic carbocycles. The number of carbonyl (C=O) groups excluding carboxylic acids is 1. The van der Waals surface area contributed by atoms with Gasteiger partial charge in [-0.3, -0.25) is 9.52 Å². The van der Waals surface area contributed by atoms with Crippen LogP contribution in [0.4, 0.5) is 0 Å².